The minimum atomic E-state index is -0.0795. The van der Waals surface area contributed by atoms with Gasteiger partial charge < -0.3 is 11.1 Å². The van der Waals surface area contributed by atoms with Gasteiger partial charge in [-0.2, -0.15) is 0 Å². The van der Waals surface area contributed by atoms with Gasteiger partial charge in [0.2, 0.25) is 0 Å². The summed E-state index contributed by atoms with van der Waals surface area (Å²) in [4.78, 5) is 16.4. The van der Waals surface area contributed by atoms with E-state index in [2.05, 4.69) is 24.1 Å². The molecule has 1 aromatic heterocycles. The van der Waals surface area contributed by atoms with Crippen LogP contribution in [0.5, 0.6) is 0 Å². The van der Waals surface area contributed by atoms with Gasteiger partial charge in [0.05, 0.1) is 0 Å². The molecule has 1 rings (SSSR count). The Bertz CT molecular complexity index is 441. The van der Waals surface area contributed by atoms with Crippen molar-refractivity contribution in [2.24, 2.45) is 5.92 Å². The van der Waals surface area contributed by atoms with Crippen LogP contribution in [0.4, 0.5) is 5.82 Å². The van der Waals surface area contributed by atoms with Gasteiger partial charge in [-0.05, 0) is 37.3 Å². The summed E-state index contributed by atoms with van der Waals surface area (Å²) >= 11 is 0. The molecule has 0 aliphatic heterocycles. The molecule has 1 heterocycles. The van der Waals surface area contributed by atoms with Gasteiger partial charge >= 0.3 is 0 Å². The summed E-state index contributed by atoms with van der Waals surface area (Å²) in [6.07, 6.45) is 0.962. The third-order valence-electron chi connectivity index (χ3n) is 2.92. The molecular weight excluding hydrogens is 238 g/mol. The fourth-order valence-corrected chi connectivity index (χ4v) is 2.07. The molecule has 0 aromatic carbocycles. The van der Waals surface area contributed by atoms with Crippen LogP contribution in [0.15, 0.2) is 12.1 Å². The first-order chi connectivity index (χ1) is 8.79. The lowest BCUT2D eigenvalue weighted by Gasteiger charge is -2.16. The molecule has 1 unspecified atom stereocenters. The highest BCUT2D eigenvalue weighted by Crippen LogP contribution is 2.16. The van der Waals surface area contributed by atoms with Gasteiger partial charge in [-0.15, -0.1) is 0 Å². The molecule has 0 spiro atoms. The molecular formula is C15H25N3O. The Morgan fingerprint density at radius 2 is 1.89 bits per heavy atom. The number of pyridine rings is 1. The van der Waals surface area contributed by atoms with Crippen LogP contribution in [0.3, 0.4) is 0 Å². The molecule has 0 saturated carbocycles. The summed E-state index contributed by atoms with van der Waals surface area (Å²) < 4.78 is 0. The topological polar surface area (TPSA) is 68.0 Å². The van der Waals surface area contributed by atoms with Gasteiger partial charge in [0.1, 0.15) is 5.82 Å². The zero-order chi connectivity index (χ0) is 14.6. The predicted molar refractivity (Wildman–Crippen MR) is 79.1 cm³/mol. The molecule has 0 saturated heterocycles. The quantitative estimate of drug-likeness (QED) is 0.858. The maximum absolute atomic E-state index is 12.2. The number of hydrogen-bond acceptors (Lipinski definition) is 3. The molecule has 106 valence electrons. The van der Waals surface area contributed by atoms with Crippen molar-refractivity contribution in [1.29, 1.82) is 0 Å². The van der Waals surface area contributed by atoms with Crippen molar-refractivity contribution in [3.8, 4) is 0 Å². The van der Waals surface area contributed by atoms with Crippen LogP contribution in [-0.4, -0.2) is 16.9 Å². The average Bonchev–Trinajstić information content (AvgIpc) is 2.26. The standard InChI is InChI=1S/C15H25N3O/c1-9(2)6-11(5)17-15(19)12-7-13(10(3)4)18-14(16)8-12/h7-11H,6H2,1-5H3,(H2,16,18)(H,17,19). The summed E-state index contributed by atoms with van der Waals surface area (Å²) in [6.45, 7) is 10.4. The maximum Gasteiger partial charge on any atom is 0.251 e. The molecule has 3 N–H and O–H groups in total. The Labute approximate surface area is 115 Å². The van der Waals surface area contributed by atoms with Crippen molar-refractivity contribution in [3.63, 3.8) is 0 Å². The van der Waals surface area contributed by atoms with Crippen LogP contribution in [0.1, 0.15) is 63.0 Å². The van der Waals surface area contributed by atoms with Gasteiger partial charge in [0.15, 0.2) is 0 Å². The second-order valence-corrected chi connectivity index (χ2v) is 5.86. The molecule has 19 heavy (non-hydrogen) atoms. The number of rotatable bonds is 5. The molecule has 1 amide bonds. The third kappa shape index (κ3) is 4.89. The molecule has 0 radical (unpaired) electrons. The van der Waals surface area contributed by atoms with Crippen molar-refractivity contribution in [2.45, 2.75) is 53.0 Å². The second-order valence-electron chi connectivity index (χ2n) is 5.86. The Morgan fingerprint density at radius 1 is 1.26 bits per heavy atom. The summed E-state index contributed by atoms with van der Waals surface area (Å²) in [5.41, 5.74) is 7.19. The first-order valence-electron chi connectivity index (χ1n) is 6.88. The number of carbonyl (C=O) groups excluding carboxylic acids is 1. The first kappa shape index (κ1) is 15.5. The van der Waals surface area contributed by atoms with E-state index >= 15 is 0 Å². The van der Waals surface area contributed by atoms with Crippen LogP contribution < -0.4 is 11.1 Å². The van der Waals surface area contributed by atoms with E-state index in [0.29, 0.717) is 17.3 Å². The van der Waals surface area contributed by atoms with Crippen LogP contribution in [0.2, 0.25) is 0 Å². The number of aromatic nitrogens is 1. The minimum absolute atomic E-state index is 0.0795. The fraction of sp³-hybridized carbons (Fsp3) is 0.600. The average molecular weight is 263 g/mol. The predicted octanol–water partition coefficient (Wildman–Crippen LogP) is 2.95. The SMILES string of the molecule is CC(C)CC(C)NC(=O)c1cc(N)nc(C(C)C)c1. The Morgan fingerprint density at radius 3 is 2.42 bits per heavy atom. The number of nitrogens with one attached hydrogen (secondary N) is 1. The molecule has 4 nitrogen and oxygen atoms in total. The van der Waals surface area contributed by atoms with Crippen molar-refractivity contribution < 1.29 is 4.79 Å². The molecule has 0 aliphatic carbocycles. The lowest BCUT2D eigenvalue weighted by Crippen LogP contribution is -2.33. The van der Waals surface area contributed by atoms with E-state index in [1.54, 1.807) is 6.07 Å². The zero-order valence-electron chi connectivity index (χ0n) is 12.5. The largest absolute Gasteiger partial charge is 0.384 e. The molecule has 0 fully saturated rings. The highest BCUT2D eigenvalue weighted by atomic mass is 16.1. The summed E-state index contributed by atoms with van der Waals surface area (Å²) in [7, 11) is 0. The van der Waals surface area contributed by atoms with E-state index < -0.39 is 0 Å². The van der Waals surface area contributed by atoms with Crippen LogP contribution in [0.25, 0.3) is 0 Å². The summed E-state index contributed by atoms with van der Waals surface area (Å²) in [6, 6.07) is 3.60. The minimum Gasteiger partial charge on any atom is -0.384 e. The Hall–Kier alpha value is -1.58. The van der Waals surface area contributed by atoms with Crippen LogP contribution in [-0.2, 0) is 0 Å². The van der Waals surface area contributed by atoms with E-state index in [9.17, 15) is 4.79 Å². The van der Waals surface area contributed by atoms with Crippen LogP contribution >= 0.6 is 0 Å². The van der Waals surface area contributed by atoms with E-state index in [1.807, 2.05) is 26.8 Å². The number of nitrogen functional groups attached to an aromatic ring is 1. The zero-order valence-corrected chi connectivity index (χ0v) is 12.5. The van der Waals surface area contributed by atoms with Crippen LogP contribution in [0, 0.1) is 5.92 Å². The number of nitrogens with zero attached hydrogens (tertiary/aromatic N) is 1. The van der Waals surface area contributed by atoms with E-state index in [0.717, 1.165) is 12.1 Å². The van der Waals surface area contributed by atoms with Crippen molar-refractivity contribution in [3.05, 3.63) is 23.4 Å². The van der Waals surface area contributed by atoms with Gasteiger partial charge in [0, 0.05) is 17.3 Å². The molecule has 4 heteroatoms. The first-order valence-corrected chi connectivity index (χ1v) is 6.88. The van der Waals surface area contributed by atoms with Gasteiger partial charge in [-0.25, -0.2) is 4.98 Å². The molecule has 0 aliphatic rings. The molecule has 1 atom stereocenters. The highest BCUT2D eigenvalue weighted by molar-refractivity contribution is 5.95. The maximum atomic E-state index is 12.2. The van der Waals surface area contributed by atoms with Crippen molar-refractivity contribution in [1.82, 2.24) is 10.3 Å². The lowest BCUT2D eigenvalue weighted by atomic mass is 10.0. The van der Waals surface area contributed by atoms with E-state index in [4.69, 9.17) is 5.73 Å². The monoisotopic (exact) mass is 263 g/mol. The smallest absolute Gasteiger partial charge is 0.251 e. The van der Waals surface area contributed by atoms with Gasteiger partial charge in [-0.3, -0.25) is 4.79 Å². The second kappa shape index (κ2) is 6.55. The summed E-state index contributed by atoms with van der Waals surface area (Å²) in [5.74, 6) is 1.13. The number of hydrogen-bond donors (Lipinski definition) is 2. The third-order valence-corrected chi connectivity index (χ3v) is 2.92. The fourth-order valence-electron chi connectivity index (χ4n) is 2.07. The highest BCUT2D eigenvalue weighted by Gasteiger charge is 2.13. The van der Waals surface area contributed by atoms with Gasteiger partial charge in [0.25, 0.3) is 5.91 Å². The Kier molecular flexibility index (Phi) is 5.33. The van der Waals surface area contributed by atoms with Crippen molar-refractivity contribution >= 4 is 11.7 Å². The summed E-state index contributed by atoms with van der Waals surface area (Å²) in [5, 5.41) is 3.00. The lowest BCUT2D eigenvalue weighted by molar-refractivity contribution is 0.0936. The Balaban J connectivity index is 2.82. The number of carbonyl (C=O) groups is 1. The van der Waals surface area contributed by atoms with Gasteiger partial charge in [-0.1, -0.05) is 27.7 Å². The van der Waals surface area contributed by atoms with Crippen molar-refractivity contribution in [2.75, 3.05) is 5.73 Å². The normalized spacial score (nSPS) is 12.8. The molecule has 0 bridgehead atoms. The van der Waals surface area contributed by atoms with E-state index in [1.165, 1.54) is 0 Å². The number of nitrogens with two attached hydrogens (primary N) is 1. The molecule has 1 aromatic rings. The number of amides is 1. The van der Waals surface area contributed by atoms with E-state index in [-0.39, 0.29) is 17.9 Å². The number of anilines is 1.